The predicted octanol–water partition coefficient (Wildman–Crippen LogP) is 2.95. The molecule has 26 heavy (non-hydrogen) atoms. The fraction of sp³-hybridized carbons (Fsp3) is 0.421. The molecular weight excluding hydrogens is 348 g/mol. The average Bonchev–Trinajstić information content (AvgIpc) is 2.99. The SMILES string of the molecule is CCC(C)Sc1nn(CCCc2ccccc2)c2c(=O)[nH]c(=O)n(C)c12. The Morgan fingerprint density at radius 2 is 1.92 bits per heavy atom. The van der Waals surface area contributed by atoms with Gasteiger partial charge in [0.1, 0.15) is 10.5 Å². The molecule has 0 fully saturated rings. The molecule has 0 aliphatic heterocycles. The van der Waals surface area contributed by atoms with Crippen LogP contribution in [0.3, 0.4) is 0 Å². The number of rotatable bonds is 7. The molecule has 7 heteroatoms. The summed E-state index contributed by atoms with van der Waals surface area (Å²) in [6.45, 7) is 4.87. The molecule has 0 saturated carbocycles. The zero-order valence-corrected chi connectivity index (χ0v) is 16.2. The summed E-state index contributed by atoms with van der Waals surface area (Å²) in [5, 5.41) is 5.78. The van der Waals surface area contributed by atoms with E-state index in [1.807, 2.05) is 18.2 Å². The van der Waals surface area contributed by atoms with Crippen LogP contribution in [0, 0.1) is 0 Å². The lowest BCUT2D eigenvalue weighted by atomic mass is 10.1. The quantitative estimate of drug-likeness (QED) is 0.647. The highest BCUT2D eigenvalue weighted by Crippen LogP contribution is 2.29. The van der Waals surface area contributed by atoms with Crippen molar-refractivity contribution >= 4 is 22.8 Å². The Bertz CT molecular complexity index is 1000. The molecule has 1 N–H and O–H groups in total. The number of aromatic nitrogens is 4. The van der Waals surface area contributed by atoms with Gasteiger partial charge in [-0.2, -0.15) is 5.10 Å². The van der Waals surface area contributed by atoms with Crippen molar-refractivity contribution in [1.82, 2.24) is 19.3 Å². The van der Waals surface area contributed by atoms with Crippen molar-refractivity contribution in [2.45, 2.75) is 49.9 Å². The lowest BCUT2D eigenvalue weighted by Gasteiger charge is -2.06. The summed E-state index contributed by atoms with van der Waals surface area (Å²) in [4.78, 5) is 26.9. The van der Waals surface area contributed by atoms with E-state index in [4.69, 9.17) is 0 Å². The van der Waals surface area contributed by atoms with Gasteiger partial charge in [0.15, 0.2) is 5.52 Å². The first-order chi connectivity index (χ1) is 12.5. The van der Waals surface area contributed by atoms with Crippen molar-refractivity contribution in [1.29, 1.82) is 0 Å². The number of benzene rings is 1. The number of hydrogen-bond donors (Lipinski definition) is 1. The van der Waals surface area contributed by atoms with Gasteiger partial charge in [0.25, 0.3) is 5.56 Å². The van der Waals surface area contributed by atoms with Gasteiger partial charge >= 0.3 is 5.69 Å². The summed E-state index contributed by atoms with van der Waals surface area (Å²) in [6, 6.07) is 10.3. The van der Waals surface area contributed by atoms with Crippen LogP contribution in [0.4, 0.5) is 0 Å². The summed E-state index contributed by atoms with van der Waals surface area (Å²) in [6.07, 6.45) is 2.78. The number of aryl methyl sites for hydroxylation is 3. The van der Waals surface area contributed by atoms with Gasteiger partial charge in [-0.15, -0.1) is 0 Å². The summed E-state index contributed by atoms with van der Waals surface area (Å²) in [5.41, 5.74) is 1.60. The van der Waals surface area contributed by atoms with Crippen LogP contribution in [0.2, 0.25) is 0 Å². The van der Waals surface area contributed by atoms with Crippen LogP contribution in [0.5, 0.6) is 0 Å². The summed E-state index contributed by atoms with van der Waals surface area (Å²) >= 11 is 1.61. The zero-order chi connectivity index (χ0) is 18.7. The molecule has 1 unspecified atom stereocenters. The standard InChI is InChI=1S/C19H24N4O2S/c1-4-13(2)26-18-16-15(17(24)20-19(25)22(16)3)23(21-18)12-8-11-14-9-6-5-7-10-14/h5-7,9-10,13H,4,8,11-12H2,1-3H3,(H,20,24,25). The topological polar surface area (TPSA) is 72.7 Å². The second-order valence-electron chi connectivity index (χ2n) is 6.47. The Hall–Kier alpha value is -2.28. The van der Waals surface area contributed by atoms with E-state index >= 15 is 0 Å². The van der Waals surface area contributed by atoms with Gasteiger partial charge in [0, 0.05) is 18.8 Å². The van der Waals surface area contributed by atoms with E-state index in [-0.39, 0.29) is 5.56 Å². The minimum atomic E-state index is -0.405. The molecule has 3 rings (SSSR count). The number of H-pyrrole nitrogens is 1. The van der Waals surface area contributed by atoms with Crippen molar-refractivity contribution < 1.29 is 0 Å². The van der Waals surface area contributed by atoms with E-state index in [0.717, 1.165) is 24.3 Å². The van der Waals surface area contributed by atoms with E-state index in [9.17, 15) is 9.59 Å². The van der Waals surface area contributed by atoms with Gasteiger partial charge in [0.05, 0.1) is 0 Å². The van der Waals surface area contributed by atoms with Crippen molar-refractivity contribution in [3.63, 3.8) is 0 Å². The Labute approximate surface area is 156 Å². The number of thioether (sulfide) groups is 1. The molecule has 3 aromatic rings. The van der Waals surface area contributed by atoms with Crippen molar-refractivity contribution in [2.24, 2.45) is 7.05 Å². The largest absolute Gasteiger partial charge is 0.328 e. The molecule has 0 saturated heterocycles. The molecule has 2 aromatic heterocycles. The van der Waals surface area contributed by atoms with Gasteiger partial charge in [-0.3, -0.25) is 19.0 Å². The number of nitrogens with one attached hydrogen (secondary N) is 1. The first kappa shape index (κ1) is 18.5. The minimum absolute atomic E-state index is 0.361. The first-order valence-corrected chi connectivity index (χ1v) is 9.79. The van der Waals surface area contributed by atoms with E-state index in [0.29, 0.717) is 22.8 Å². The molecule has 0 radical (unpaired) electrons. The lowest BCUT2D eigenvalue weighted by Crippen LogP contribution is -2.29. The van der Waals surface area contributed by atoms with Crippen LogP contribution in [0.15, 0.2) is 44.9 Å². The van der Waals surface area contributed by atoms with Crippen LogP contribution in [-0.2, 0) is 20.0 Å². The minimum Gasteiger partial charge on any atom is -0.292 e. The van der Waals surface area contributed by atoms with Gasteiger partial charge in [-0.05, 0) is 24.8 Å². The van der Waals surface area contributed by atoms with Gasteiger partial charge in [-0.1, -0.05) is 55.9 Å². The Kier molecular flexibility index (Phi) is 5.66. The molecule has 0 spiro atoms. The highest BCUT2D eigenvalue weighted by Gasteiger charge is 2.19. The Balaban J connectivity index is 1.95. The first-order valence-electron chi connectivity index (χ1n) is 8.91. The average molecular weight is 372 g/mol. The van der Waals surface area contributed by atoms with Crippen LogP contribution >= 0.6 is 11.8 Å². The molecule has 1 aromatic carbocycles. The number of aromatic amines is 1. The molecule has 2 heterocycles. The summed E-state index contributed by atoms with van der Waals surface area (Å²) in [7, 11) is 1.68. The Morgan fingerprint density at radius 1 is 1.19 bits per heavy atom. The van der Waals surface area contributed by atoms with E-state index in [1.165, 1.54) is 10.1 Å². The van der Waals surface area contributed by atoms with Crippen molar-refractivity contribution in [3.05, 3.63) is 56.7 Å². The second-order valence-corrected chi connectivity index (χ2v) is 7.90. The maximum absolute atomic E-state index is 12.4. The number of fused-ring (bicyclic) bond motifs is 1. The maximum atomic E-state index is 12.4. The monoisotopic (exact) mass is 372 g/mol. The van der Waals surface area contributed by atoms with Crippen molar-refractivity contribution in [2.75, 3.05) is 0 Å². The summed E-state index contributed by atoms with van der Waals surface area (Å²) < 4.78 is 3.24. The smallest absolute Gasteiger partial charge is 0.292 e. The molecular formula is C19H24N4O2S. The van der Waals surface area contributed by atoms with Crippen LogP contribution < -0.4 is 11.2 Å². The van der Waals surface area contributed by atoms with Gasteiger partial charge in [-0.25, -0.2) is 4.79 Å². The van der Waals surface area contributed by atoms with Crippen LogP contribution in [0.1, 0.15) is 32.3 Å². The normalized spacial score (nSPS) is 12.6. The fourth-order valence-electron chi connectivity index (χ4n) is 2.89. The zero-order valence-electron chi connectivity index (χ0n) is 15.4. The highest BCUT2D eigenvalue weighted by atomic mass is 32.2. The van der Waals surface area contributed by atoms with E-state index in [2.05, 4.69) is 36.1 Å². The molecule has 138 valence electrons. The molecule has 0 amide bonds. The molecule has 0 bridgehead atoms. The fourth-order valence-corrected chi connectivity index (χ4v) is 3.93. The third-order valence-corrected chi connectivity index (χ3v) is 5.77. The summed E-state index contributed by atoms with van der Waals surface area (Å²) in [5.74, 6) is 0. The lowest BCUT2D eigenvalue weighted by molar-refractivity contribution is 0.581. The van der Waals surface area contributed by atoms with E-state index in [1.54, 1.807) is 23.5 Å². The molecule has 6 nitrogen and oxygen atoms in total. The van der Waals surface area contributed by atoms with Gasteiger partial charge < -0.3 is 0 Å². The molecule has 1 atom stereocenters. The Morgan fingerprint density at radius 3 is 2.62 bits per heavy atom. The van der Waals surface area contributed by atoms with Crippen molar-refractivity contribution in [3.8, 4) is 0 Å². The third-order valence-electron chi connectivity index (χ3n) is 4.54. The number of hydrogen-bond acceptors (Lipinski definition) is 4. The number of nitrogens with zero attached hydrogens (tertiary/aromatic N) is 3. The molecule has 0 aliphatic carbocycles. The predicted molar refractivity (Wildman–Crippen MR) is 106 cm³/mol. The highest BCUT2D eigenvalue weighted by molar-refractivity contribution is 8.00. The van der Waals surface area contributed by atoms with Gasteiger partial charge in [0.2, 0.25) is 0 Å². The maximum Gasteiger partial charge on any atom is 0.328 e. The second kappa shape index (κ2) is 7.95. The van der Waals surface area contributed by atoms with Crippen LogP contribution in [0.25, 0.3) is 11.0 Å². The third kappa shape index (κ3) is 3.77. The van der Waals surface area contributed by atoms with Crippen LogP contribution in [-0.4, -0.2) is 24.6 Å². The molecule has 0 aliphatic rings. The van der Waals surface area contributed by atoms with E-state index < -0.39 is 5.69 Å².